The van der Waals surface area contributed by atoms with Gasteiger partial charge in [0.05, 0.1) is 12.0 Å². The highest BCUT2D eigenvalue weighted by Crippen LogP contribution is 2.25. The number of hydrogen-bond acceptors (Lipinski definition) is 4. The first-order valence-electron chi connectivity index (χ1n) is 4.82. The number of hydrogen-bond donors (Lipinski definition) is 1. The van der Waals surface area contributed by atoms with Crippen LogP contribution in [0.25, 0.3) is 10.4 Å². The minimum atomic E-state index is -3.56. The molecule has 2 aromatic rings. The Kier molecular flexibility index (Phi) is 3.58. The van der Waals surface area contributed by atoms with Crippen LogP contribution in [0.15, 0.2) is 46.7 Å². The molecule has 0 aliphatic carbocycles. The van der Waals surface area contributed by atoms with E-state index in [9.17, 15) is 8.42 Å². The quantitative estimate of drug-likeness (QED) is 0.866. The SMILES string of the molecule is CONS(=O)(=O)c1ccc(-c2cccs2)cc1. The Morgan fingerprint density at radius 1 is 1.18 bits per heavy atom. The molecule has 6 heteroatoms. The van der Waals surface area contributed by atoms with Crippen molar-refractivity contribution in [2.45, 2.75) is 4.90 Å². The van der Waals surface area contributed by atoms with Crippen LogP contribution in [0.1, 0.15) is 0 Å². The zero-order chi connectivity index (χ0) is 12.3. The maximum absolute atomic E-state index is 11.6. The van der Waals surface area contributed by atoms with Gasteiger partial charge in [0, 0.05) is 4.88 Å². The van der Waals surface area contributed by atoms with Crippen molar-refractivity contribution in [2.24, 2.45) is 0 Å². The molecule has 0 aliphatic rings. The number of thiophene rings is 1. The van der Waals surface area contributed by atoms with Crippen molar-refractivity contribution in [3.63, 3.8) is 0 Å². The second-order valence-electron chi connectivity index (χ2n) is 3.29. The second-order valence-corrected chi connectivity index (χ2v) is 5.89. The first-order valence-corrected chi connectivity index (χ1v) is 7.18. The molecule has 0 bridgehead atoms. The van der Waals surface area contributed by atoms with Gasteiger partial charge in [-0.05, 0) is 29.1 Å². The summed E-state index contributed by atoms with van der Waals surface area (Å²) < 4.78 is 23.2. The molecule has 2 rings (SSSR count). The van der Waals surface area contributed by atoms with Gasteiger partial charge in [-0.3, -0.25) is 4.84 Å². The van der Waals surface area contributed by atoms with Crippen molar-refractivity contribution in [3.8, 4) is 10.4 Å². The van der Waals surface area contributed by atoms with Gasteiger partial charge in [0.2, 0.25) is 0 Å². The van der Waals surface area contributed by atoms with Gasteiger partial charge >= 0.3 is 0 Å². The Labute approximate surface area is 104 Å². The van der Waals surface area contributed by atoms with E-state index in [-0.39, 0.29) is 4.90 Å². The molecule has 90 valence electrons. The average molecular weight is 269 g/mol. The molecule has 4 nitrogen and oxygen atoms in total. The molecule has 0 atom stereocenters. The zero-order valence-electron chi connectivity index (χ0n) is 9.08. The zero-order valence-corrected chi connectivity index (χ0v) is 10.7. The molecule has 1 aromatic carbocycles. The molecule has 0 aliphatic heterocycles. The summed E-state index contributed by atoms with van der Waals surface area (Å²) in [6.45, 7) is 0. The third kappa shape index (κ3) is 2.73. The van der Waals surface area contributed by atoms with Crippen LogP contribution >= 0.6 is 11.3 Å². The van der Waals surface area contributed by atoms with Crippen LogP contribution in [0, 0.1) is 0 Å². The molecule has 1 heterocycles. The molecule has 0 fully saturated rings. The Bertz CT molecular complexity index is 574. The van der Waals surface area contributed by atoms with Crippen LogP contribution in [0.5, 0.6) is 0 Å². The molecule has 0 spiro atoms. The van der Waals surface area contributed by atoms with Gasteiger partial charge in [0.25, 0.3) is 10.0 Å². The predicted molar refractivity (Wildman–Crippen MR) is 67.1 cm³/mol. The van der Waals surface area contributed by atoms with Gasteiger partial charge < -0.3 is 0 Å². The van der Waals surface area contributed by atoms with Crippen molar-refractivity contribution in [3.05, 3.63) is 41.8 Å². The molecule has 0 radical (unpaired) electrons. The topological polar surface area (TPSA) is 55.4 Å². The van der Waals surface area contributed by atoms with E-state index in [0.29, 0.717) is 0 Å². The van der Waals surface area contributed by atoms with Crippen molar-refractivity contribution in [1.29, 1.82) is 0 Å². The average Bonchev–Trinajstić information content (AvgIpc) is 2.82. The van der Waals surface area contributed by atoms with Gasteiger partial charge in [-0.25, -0.2) is 8.42 Å². The molecule has 1 N–H and O–H groups in total. The number of sulfonamides is 1. The lowest BCUT2D eigenvalue weighted by molar-refractivity contribution is 0.153. The van der Waals surface area contributed by atoms with E-state index in [1.54, 1.807) is 35.6 Å². The molecule has 0 saturated heterocycles. The smallest absolute Gasteiger partial charge is 0.262 e. The standard InChI is InChI=1S/C11H11NO3S2/c1-15-12-17(13,14)10-6-4-9(5-7-10)11-3-2-8-16-11/h2-8,12H,1H3. The van der Waals surface area contributed by atoms with Gasteiger partial charge in [-0.15, -0.1) is 11.3 Å². The Morgan fingerprint density at radius 2 is 1.88 bits per heavy atom. The molecule has 0 saturated carbocycles. The van der Waals surface area contributed by atoms with Gasteiger partial charge in [0.15, 0.2) is 0 Å². The van der Waals surface area contributed by atoms with Crippen molar-refractivity contribution < 1.29 is 13.3 Å². The minimum Gasteiger partial charge on any atom is -0.290 e. The van der Waals surface area contributed by atoms with Crippen molar-refractivity contribution in [2.75, 3.05) is 7.11 Å². The second kappa shape index (κ2) is 4.97. The maximum Gasteiger partial charge on any atom is 0.262 e. The van der Waals surface area contributed by atoms with Crippen LogP contribution in [0.4, 0.5) is 0 Å². The fourth-order valence-electron chi connectivity index (χ4n) is 1.40. The number of nitrogens with one attached hydrogen (secondary N) is 1. The fraction of sp³-hybridized carbons (Fsp3) is 0.0909. The highest BCUT2D eigenvalue weighted by Gasteiger charge is 2.13. The van der Waals surface area contributed by atoms with Crippen LogP contribution in [0.3, 0.4) is 0 Å². The summed E-state index contributed by atoms with van der Waals surface area (Å²) in [6.07, 6.45) is 0. The van der Waals surface area contributed by atoms with Crippen LogP contribution in [-0.2, 0) is 14.9 Å². The third-order valence-electron chi connectivity index (χ3n) is 2.16. The number of rotatable bonds is 4. The molecular formula is C11H11NO3S2. The lowest BCUT2D eigenvalue weighted by Crippen LogP contribution is -2.22. The van der Waals surface area contributed by atoms with E-state index in [1.165, 1.54) is 7.11 Å². The predicted octanol–water partition coefficient (Wildman–Crippen LogP) is 2.25. The minimum absolute atomic E-state index is 0.180. The summed E-state index contributed by atoms with van der Waals surface area (Å²) in [5.41, 5.74) is 0.997. The van der Waals surface area contributed by atoms with E-state index in [1.807, 2.05) is 22.4 Å². The highest BCUT2D eigenvalue weighted by atomic mass is 32.2. The fourth-order valence-corrected chi connectivity index (χ4v) is 2.94. The summed E-state index contributed by atoms with van der Waals surface area (Å²) in [4.78, 5) is 7.68. The first-order chi connectivity index (χ1) is 8.13. The van der Waals surface area contributed by atoms with E-state index in [0.717, 1.165) is 10.4 Å². The summed E-state index contributed by atoms with van der Waals surface area (Å²) in [6, 6.07) is 10.6. The van der Waals surface area contributed by atoms with Crippen molar-refractivity contribution in [1.82, 2.24) is 4.89 Å². The summed E-state index contributed by atoms with van der Waals surface area (Å²) in [5, 5.41) is 1.98. The first kappa shape index (κ1) is 12.3. The Balaban J connectivity index is 2.31. The van der Waals surface area contributed by atoms with Crippen LogP contribution < -0.4 is 4.89 Å². The maximum atomic E-state index is 11.6. The molecule has 1 aromatic heterocycles. The largest absolute Gasteiger partial charge is 0.290 e. The third-order valence-corrected chi connectivity index (χ3v) is 4.36. The van der Waals surface area contributed by atoms with Crippen molar-refractivity contribution >= 4 is 21.4 Å². The number of benzene rings is 1. The summed E-state index contributed by atoms with van der Waals surface area (Å²) >= 11 is 1.61. The lowest BCUT2D eigenvalue weighted by Gasteiger charge is -2.04. The normalized spacial score (nSPS) is 11.6. The lowest BCUT2D eigenvalue weighted by atomic mass is 10.2. The summed E-state index contributed by atoms with van der Waals surface area (Å²) in [5.74, 6) is 0. The van der Waals surface area contributed by atoms with E-state index >= 15 is 0 Å². The van der Waals surface area contributed by atoms with Gasteiger partial charge in [-0.1, -0.05) is 23.1 Å². The molecule has 0 unspecified atom stereocenters. The van der Waals surface area contributed by atoms with Gasteiger partial charge in [0.1, 0.15) is 0 Å². The molecule has 17 heavy (non-hydrogen) atoms. The monoisotopic (exact) mass is 269 g/mol. The highest BCUT2D eigenvalue weighted by molar-refractivity contribution is 7.89. The Hall–Kier alpha value is -1.21. The van der Waals surface area contributed by atoms with E-state index < -0.39 is 10.0 Å². The molecular weight excluding hydrogens is 258 g/mol. The van der Waals surface area contributed by atoms with E-state index in [4.69, 9.17) is 0 Å². The van der Waals surface area contributed by atoms with Crippen LogP contribution in [-0.4, -0.2) is 15.5 Å². The van der Waals surface area contributed by atoms with Gasteiger partial charge in [-0.2, -0.15) is 0 Å². The van der Waals surface area contributed by atoms with E-state index in [2.05, 4.69) is 4.84 Å². The molecule has 0 amide bonds. The summed E-state index contributed by atoms with van der Waals surface area (Å²) in [7, 11) is -2.30. The van der Waals surface area contributed by atoms with Crippen LogP contribution in [0.2, 0.25) is 0 Å². The Morgan fingerprint density at radius 3 is 2.41 bits per heavy atom.